The molecule has 4 fully saturated rings. The van der Waals surface area contributed by atoms with Crippen LogP contribution in [0.4, 0.5) is 13.2 Å². The van der Waals surface area contributed by atoms with Crippen LogP contribution in [0.15, 0.2) is 12.3 Å². The summed E-state index contributed by atoms with van der Waals surface area (Å²) in [5.41, 5.74) is -1.71. The molecule has 3 aromatic heterocycles. The molecule has 2 atom stereocenters. The first-order valence-corrected chi connectivity index (χ1v) is 11.3. The number of nitrogens with one attached hydrogen (secondary N) is 1. The lowest BCUT2D eigenvalue weighted by Gasteiger charge is -2.46. The van der Waals surface area contributed by atoms with Crippen LogP contribution in [0.3, 0.4) is 0 Å². The minimum absolute atomic E-state index is 0.00747. The lowest BCUT2D eigenvalue weighted by Crippen LogP contribution is -2.45. The second-order valence-electron chi connectivity index (χ2n) is 9.65. The van der Waals surface area contributed by atoms with Gasteiger partial charge in [-0.3, -0.25) is 9.89 Å². The van der Waals surface area contributed by atoms with Gasteiger partial charge in [0.1, 0.15) is 17.2 Å². The number of aliphatic carboxylic acids is 1. The molecule has 4 saturated carbocycles. The van der Waals surface area contributed by atoms with Gasteiger partial charge in [0.25, 0.3) is 0 Å². The first-order chi connectivity index (χ1) is 15.8. The van der Waals surface area contributed by atoms with E-state index in [0.29, 0.717) is 5.39 Å². The smallest absolute Gasteiger partial charge is 0.307 e. The van der Waals surface area contributed by atoms with E-state index in [-0.39, 0.29) is 65.6 Å². The van der Waals surface area contributed by atoms with Crippen molar-refractivity contribution in [1.82, 2.24) is 25.1 Å². The van der Waals surface area contributed by atoms with Crippen molar-refractivity contribution >= 4 is 17.0 Å². The summed E-state index contributed by atoms with van der Waals surface area (Å²) in [5, 5.41) is 16.9. The third-order valence-corrected chi connectivity index (χ3v) is 7.74. The van der Waals surface area contributed by atoms with Crippen LogP contribution in [0.2, 0.25) is 0 Å². The van der Waals surface area contributed by atoms with Crippen molar-refractivity contribution in [3.8, 4) is 11.5 Å². The molecule has 4 aliphatic carbocycles. The van der Waals surface area contributed by atoms with Gasteiger partial charge in [0, 0.05) is 0 Å². The number of pyridine rings is 1. The van der Waals surface area contributed by atoms with E-state index in [2.05, 4.69) is 25.1 Å². The zero-order chi connectivity index (χ0) is 22.9. The normalized spacial score (nSPS) is 27.7. The Morgan fingerprint density at radius 1 is 1.15 bits per heavy atom. The van der Waals surface area contributed by atoms with Crippen LogP contribution in [0.5, 0.6) is 0 Å². The predicted molar refractivity (Wildman–Crippen MR) is 111 cm³/mol. The molecule has 172 valence electrons. The van der Waals surface area contributed by atoms with Gasteiger partial charge < -0.3 is 5.11 Å². The number of carboxylic acids is 1. The van der Waals surface area contributed by atoms with Gasteiger partial charge in [-0.2, -0.15) is 5.10 Å². The van der Waals surface area contributed by atoms with Crippen molar-refractivity contribution in [2.75, 3.05) is 0 Å². The van der Waals surface area contributed by atoms with Crippen LogP contribution in [0.1, 0.15) is 49.9 Å². The van der Waals surface area contributed by atoms with Gasteiger partial charge in [-0.25, -0.2) is 28.1 Å². The van der Waals surface area contributed by atoms with Crippen molar-refractivity contribution in [2.24, 2.45) is 23.7 Å². The number of hydrogen-bond acceptors (Lipinski definition) is 5. The number of H-pyrrole nitrogens is 1. The molecule has 0 saturated heterocycles. The number of rotatable bonds is 5. The number of nitrogens with zero attached hydrogens (tertiary/aromatic N) is 4. The largest absolute Gasteiger partial charge is 0.481 e. The molecule has 7 rings (SSSR count). The molecule has 3 aromatic rings. The van der Waals surface area contributed by atoms with Gasteiger partial charge >= 0.3 is 5.97 Å². The topological polar surface area (TPSA) is 105 Å². The second kappa shape index (κ2) is 7.23. The fraction of sp³-hybridized carbons (Fsp3) is 0.522. The predicted octanol–water partition coefficient (Wildman–Crippen LogP) is 4.33. The maximum Gasteiger partial charge on any atom is 0.307 e. The molecule has 0 unspecified atom stereocenters. The molecular formula is C23H22F3N5O2. The lowest BCUT2D eigenvalue weighted by molar-refractivity contribution is -0.152. The third-order valence-electron chi connectivity index (χ3n) is 7.74. The summed E-state index contributed by atoms with van der Waals surface area (Å²) in [7, 11) is 0. The highest BCUT2D eigenvalue weighted by Gasteiger charge is 2.51. The Balaban J connectivity index is 1.47. The van der Waals surface area contributed by atoms with E-state index in [1.807, 2.05) is 0 Å². The molecule has 33 heavy (non-hydrogen) atoms. The fourth-order valence-corrected chi connectivity index (χ4v) is 5.91. The second-order valence-corrected chi connectivity index (χ2v) is 9.65. The highest BCUT2D eigenvalue weighted by molar-refractivity contribution is 5.88. The average molecular weight is 457 g/mol. The van der Waals surface area contributed by atoms with E-state index in [1.165, 1.54) is 6.07 Å². The molecule has 3 heterocycles. The van der Waals surface area contributed by atoms with Crippen LogP contribution in [-0.4, -0.2) is 36.2 Å². The summed E-state index contributed by atoms with van der Waals surface area (Å²) in [6.07, 6.45) is 5.00. The van der Waals surface area contributed by atoms with Crippen molar-refractivity contribution in [2.45, 2.75) is 50.6 Å². The Labute approximate surface area is 186 Å². The summed E-state index contributed by atoms with van der Waals surface area (Å²) < 4.78 is 44.4. The van der Waals surface area contributed by atoms with Gasteiger partial charge in [0.05, 0.1) is 23.2 Å². The molecular weight excluding hydrogens is 435 g/mol. The number of hydrogen-bond donors (Lipinski definition) is 2. The summed E-state index contributed by atoms with van der Waals surface area (Å²) in [6.45, 7) is 0. The number of aromatic amines is 1. The number of carboxylic acid groups (broad SMARTS) is 1. The molecule has 7 nitrogen and oxygen atoms in total. The third kappa shape index (κ3) is 3.29. The standard InChI is InChI=1S/C23H22F3N5O2/c24-12-7-14-18(30-31-20(14)27-9-12)21-28-15(17(25)19(29-21)23(26)5-6-23)8-13-10-1-3-11(4-2-10)16(13)22(32)33/h7,9-11,13,16H,1-6,8H2,(H,32,33)(H,27,30,31)/t10?,11?,13-,16-/m0/s1. The summed E-state index contributed by atoms with van der Waals surface area (Å²) >= 11 is 0. The van der Waals surface area contributed by atoms with E-state index in [4.69, 9.17) is 0 Å². The molecule has 0 amide bonds. The van der Waals surface area contributed by atoms with Gasteiger partial charge in [-0.1, -0.05) is 0 Å². The number of fused-ring (bicyclic) bond motifs is 4. The van der Waals surface area contributed by atoms with Crippen molar-refractivity contribution in [3.63, 3.8) is 0 Å². The monoisotopic (exact) mass is 457 g/mol. The van der Waals surface area contributed by atoms with Crippen LogP contribution in [0.25, 0.3) is 22.6 Å². The van der Waals surface area contributed by atoms with E-state index < -0.39 is 29.2 Å². The fourth-order valence-electron chi connectivity index (χ4n) is 5.91. The average Bonchev–Trinajstić information content (AvgIpc) is 3.41. The Morgan fingerprint density at radius 3 is 2.58 bits per heavy atom. The Hall–Kier alpha value is -3.04. The Kier molecular flexibility index (Phi) is 4.50. The van der Waals surface area contributed by atoms with Crippen LogP contribution < -0.4 is 0 Å². The van der Waals surface area contributed by atoms with E-state index in [0.717, 1.165) is 31.9 Å². The first kappa shape index (κ1) is 20.6. The number of aromatic nitrogens is 5. The molecule has 2 N–H and O–H groups in total. The zero-order valence-electron chi connectivity index (χ0n) is 17.7. The molecule has 4 aliphatic rings. The van der Waals surface area contributed by atoms with Crippen molar-refractivity contribution in [3.05, 3.63) is 35.3 Å². The van der Waals surface area contributed by atoms with Crippen molar-refractivity contribution in [1.29, 1.82) is 0 Å². The van der Waals surface area contributed by atoms with Gasteiger partial charge in [0.2, 0.25) is 0 Å². The maximum absolute atomic E-state index is 15.5. The minimum Gasteiger partial charge on any atom is -0.481 e. The SMILES string of the molecule is O=C(O)[C@H]1C2CCC(CC2)[C@@H]1Cc1nc(-c2[nH]nc3ncc(F)cc23)nc(C2(F)CC2)c1F. The molecule has 0 aromatic carbocycles. The first-order valence-electron chi connectivity index (χ1n) is 11.3. The Morgan fingerprint density at radius 2 is 1.88 bits per heavy atom. The highest BCUT2D eigenvalue weighted by atomic mass is 19.2. The molecule has 0 spiro atoms. The van der Waals surface area contributed by atoms with E-state index in [1.54, 1.807) is 0 Å². The lowest BCUT2D eigenvalue weighted by atomic mass is 9.57. The number of carbonyl (C=O) groups is 1. The van der Waals surface area contributed by atoms with Gasteiger partial charge in [-0.15, -0.1) is 0 Å². The number of halogens is 3. The highest BCUT2D eigenvalue weighted by Crippen LogP contribution is 2.52. The minimum atomic E-state index is -1.87. The van der Waals surface area contributed by atoms with Gasteiger partial charge in [-0.05, 0) is 68.8 Å². The molecule has 0 radical (unpaired) electrons. The summed E-state index contributed by atoms with van der Waals surface area (Å²) in [6, 6.07) is 1.22. The molecule has 2 bridgehead atoms. The van der Waals surface area contributed by atoms with E-state index in [9.17, 15) is 14.3 Å². The maximum atomic E-state index is 15.5. The van der Waals surface area contributed by atoms with Gasteiger partial charge in [0.15, 0.2) is 23.0 Å². The summed E-state index contributed by atoms with van der Waals surface area (Å²) in [4.78, 5) is 24.6. The zero-order valence-corrected chi connectivity index (χ0v) is 17.7. The summed E-state index contributed by atoms with van der Waals surface area (Å²) in [5.74, 6) is -2.84. The van der Waals surface area contributed by atoms with E-state index >= 15 is 8.78 Å². The van der Waals surface area contributed by atoms with Crippen LogP contribution in [-0.2, 0) is 16.9 Å². The Bertz CT molecular complexity index is 1270. The molecule has 10 heteroatoms. The molecule has 0 aliphatic heterocycles. The van der Waals surface area contributed by atoms with Crippen LogP contribution in [0, 0.1) is 35.3 Å². The van der Waals surface area contributed by atoms with Crippen LogP contribution >= 0.6 is 0 Å². The number of alkyl halides is 1. The van der Waals surface area contributed by atoms with Crippen molar-refractivity contribution < 1.29 is 23.1 Å². The quantitative estimate of drug-likeness (QED) is 0.591.